The van der Waals surface area contributed by atoms with E-state index < -0.39 is 5.60 Å². The number of carbonyl (C=O) groups is 2. The normalized spacial score (nSPS) is 22.1. The first kappa shape index (κ1) is 24.6. The standard InChI is InChI=1S/C27H38N2O5/c1-27(2,3)34-26(32)28-14-12-19(13-15-28)18-33-24-10-8-21(9-11-24)20-4-6-22(7-5-20)25(31)29-16-23(30)17-29/h4,8-11,19,22-23,30H,5-7,12-18H2,1-3H3. The van der Waals surface area contributed by atoms with Crippen LogP contribution in [0.5, 0.6) is 5.75 Å². The number of β-amino-alcohol motifs (C(OH)–C–C–N with tert-alkyl or cyclic N) is 1. The van der Waals surface area contributed by atoms with E-state index in [9.17, 15) is 14.7 Å². The number of likely N-dealkylation sites (tertiary alicyclic amines) is 2. The molecule has 2 amide bonds. The molecule has 0 aromatic heterocycles. The first-order valence-electron chi connectivity index (χ1n) is 12.5. The van der Waals surface area contributed by atoms with Crippen molar-refractivity contribution in [1.82, 2.24) is 9.80 Å². The first-order valence-corrected chi connectivity index (χ1v) is 12.5. The number of hydrogen-bond donors (Lipinski definition) is 1. The maximum Gasteiger partial charge on any atom is 0.410 e. The van der Waals surface area contributed by atoms with Gasteiger partial charge in [-0.3, -0.25) is 4.79 Å². The van der Waals surface area contributed by atoms with Crippen LogP contribution in [-0.4, -0.2) is 71.4 Å². The zero-order valence-electron chi connectivity index (χ0n) is 20.7. The molecule has 7 nitrogen and oxygen atoms in total. The van der Waals surface area contributed by atoms with Crippen molar-refractivity contribution in [3.63, 3.8) is 0 Å². The van der Waals surface area contributed by atoms with Crippen LogP contribution in [-0.2, 0) is 9.53 Å². The van der Waals surface area contributed by atoms with Crippen molar-refractivity contribution in [3.05, 3.63) is 35.9 Å². The Labute approximate surface area is 202 Å². The van der Waals surface area contributed by atoms with Gasteiger partial charge in [-0.25, -0.2) is 4.79 Å². The van der Waals surface area contributed by atoms with E-state index in [2.05, 4.69) is 18.2 Å². The SMILES string of the molecule is CC(C)(C)OC(=O)N1CCC(COc2ccc(C3=CCC(C(=O)N4CC(O)C4)CC3)cc2)CC1. The van der Waals surface area contributed by atoms with Crippen LogP contribution < -0.4 is 4.74 Å². The number of carbonyl (C=O) groups excluding carboxylic acids is 2. The topological polar surface area (TPSA) is 79.3 Å². The maximum atomic E-state index is 12.5. The molecule has 1 aromatic rings. The highest BCUT2D eigenvalue weighted by molar-refractivity contribution is 5.81. The number of amides is 2. The first-order chi connectivity index (χ1) is 16.2. The Balaban J connectivity index is 1.20. The summed E-state index contributed by atoms with van der Waals surface area (Å²) in [6.45, 7) is 8.70. The van der Waals surface area contributed by atoms with Gasteiger partial charge in [-0.1, -0.05) is 18.2 Å². The Morgan fingerprint density at radius 3 is 2.26 bits per heavy atom. The number of benzene rings is 1. The molecule has 0 bridgehead atoms. The third-order valence-electron chi connectivity index (χ3n) is 6.91. The zero-order valence-corrected chi connectivity index (χ0v) is 20.7. The lowest BCUT2D eigenvalue weighted by Crippen LogP contribution is -2.55. The highest BCUT2D eigenvalue weighted by Gasteiger charge is 2.34. The van der Waals surface area contributed by atoms with Crippen molar-refractivity contribution in [1.29, 1.82) is 0 Å². The van der Waals surface area contributed by atoms with E-state index in [-0.39, 0.29) is 24.0 Å². The number of allylic oxidation sites excluding steroid dienone is 2. The molecule has 0 saturated carbocycles. The van der Waals surface area contributed by atoms with Gasteiger partial charge < -0.3 is 24.4 Å². The largest absolute Gasteiger partial charge is 0.493 e. The molecule has 4 rings (SSSR count). The predicted octanol–water partition coefficient (Wildman–Crippen LogP) is 4.10. The summed E-state index contributed by atoms with van der Waals surface area (Å²) in [6.07, 6.45) is 5.97. The van der Waals surface area contributed by atoms with Gasteiger partial charge in [0.15, 0.2) is 0 Å². The van der Waals surface area contributed by atoms with Crippen molar-refractivity contribution in [2.24, 2.45) is 11.8 Å². The number of hydrogen-bond acceptors (Lipinski definition) is 5. The molecule has 1 atom stereocenters. The third kappa shape index (κ3) is 6.32. The van der Waals surface area contributed by atoms with Crippen LogP contribution in [0, 0.1) is 11.8 Å². The second-order valence-electron chi connectivity index (χ2n) is 10.8. The molecule has 0 radical (unpaired) electrons. The number of aliphatic hydroxyl groups is 1. The number of nitrogens with zero attached hydrogens (tertiary/aromatic N) is 2. The summed E-state index contributed by atoms with van der Waals surface area (Å²) >= 11 is 0. The lowest BCUT2D eigenvalue weighted by molar-refractivity contribution is -0.145. The molecule has 7 heteroatoms. The minimum absolute atomic E-state index is 0.0422. The summed E-state index contributed by atoms with van der Waals surface area (Å²) in [4.78, 5) is 28.2. The summed E-state index contributed by atoms with van der Waals surface area (Å²) in [5.74, 6) is 1.52. The molecule has 2 fully saturated rings. The maximum absolute atomic E-state index is 12.5. The lowest BCUT2D eigenvalue weighted by Gasteiger charge is -2.38. The average molecular weight is 471 g/mol. The van der Waals surface area contributed by atoms with Crippen LogP contribution in [0.15, 0.2) is 30.3 Å². The van der Waals surface area contributed by atoms with E-state index in [4.69, 9.17) is 9.47 Å². The third-order valence-corrected chi connectivity index (χ3v) is 6.91. The van der Waals surface area contributed by atoms with Crippen molar-refractivity contribution >= 4 is 17.6 Å². The summed E-state index contributed by atoms with van der Waals surface area (Å²) < 4.78 is 11.5. The van der Waals surface area contributed by atoms with Gasteiger partial charge in [-0.05, 0) is 82.1 Å². The Morgan fingerprint density at radius 1 is 1.03 bits per heavy atom. The predicted molar refractivity (Wildman–Crippen MR) is 130 cm³/mol. The van der Waals surface area contributed by atoms with Gasteiger partial charge in [0.2, 0.25) is 5.91 Å². The molecule has 1 unspecified atom stereocenters. The van der Waals surface area contributed by atoms with Gasteiger partial charge in [0, 0.05) is 32.1 Å². The molecular weight excluding hydrogens is 432 g/mol. The Kier molecular flexibility index (Phi) is 7.51. The summed E-state index contributed by atoms with van der Waals surface area (Å²) in [7, 11) is 0. The highest BCUT2D eigenvalue weighted by atomic mass is 16.6. The van der Waals surface area contributed by atoms with E-state index >= 15 is 0 Å². The molecule has 1 N–H and O–H groups in total. The van der Waals surface area contributed by atoms with E-state index in [1.165, 1.54) is 11.1 Å². The van der Waals surface area contributed by atoms with Crippen molar-refractivity contribution in [2.75, 3.05) is 32.8 Å². The molecule has 1 aromatic carbocycles. The Hall–Kier alpha value is -2.54. The molecular formula is C27H38N2O5. The summed E-state index contributed by atoms with van der Waals surface area (Å²) in [5, 5.41) is 9.42. The number of aliphatic hydroxyl groups excluding tert-OH is 1. The van der Waals surface area contributed by atoms with E-state index in [0.717, 1.165) is 37.9 Å². The van der Waals surface area contributed by atoms with Gasteiger partial charge in [-0.2, -0.15) is 0 Å². The van der Waals surface area contributed by atoms with E-state index in [1.54, 1.807) is 9.80 Å². The number of piperidine rings is 1. The zero-order chi connectivity index (χ0) is 24.3. The average Bonchev–Trinajstić information content (AvgIpc) is 2.80. The van der Waals surface area contributed by atoms with Gasteiger partial charge in [0.25, 0.3) is 0 Å². The summed E-state index contributed by atoms with van der Waals surface area (Å²) in [6, 6.07) is 8.23. The van der Waals surface area contributed by atoms with Crippen molar-refractivity contribution in [2.45, 2.75) is 64.6 Å². The molecule has 34 heavy (non-hydrogen) atoms. The smallest absolute Gasteiger partial charge is 0.410 e. The van der Waals surface area contributed by atoms with Gasteiger partial charge >= 0.3 is 6.09 Å². The van der Waals surface area contributed by atoms with Crippen molar-refractivity contribution in [3.8, 4) is 5.75 Å². The lowest BCUT2D eigenvalue weighted by atomic mass is 9.85. The van der Waals surface area contributed by atoms with E-state index in [1.807, 2.05) is 32.9 Å². The Morgan fingerprint density at radius 2 is 1.71 bits per heavy atom. The number of ether oxygens (including phenoxy) is 2. The van der Waals surface area contributed by atoms with Crippen LogP contribution in [0.1, 0.15) is 58.4 Å². The van der Waals surface area contributed by atoms with E-state index in [0.29, 0.717) is 38.7 Å². The monoisotopic (exact) mass is 470 g/mol. The second kappa shape index (κ2) is 10.4. The molecule has 2 aliphatic heterocycles. The van der Waals surface area contributed by atoms with Gasteiger partial charge in [0.05, 0.1) is 12.7 Å². The molecule has 0 spiro atoms. The molecule has 2 saturated heterocycles. The second-order valence-corrected chi connectivity index (χ2v) is 10.8. The number of rotatable bonds is 5. The Bertz CT molecular complexity index is 891. The van der Waals surface area contributed by atoms with Gasteiger partial charge in [0.1, 0.15) is 11.4 Å². The molecule has 2 heterocycles. The fraction of sp³-hybridized carbons (Fsp3) is 0.630. The quantitative estimate of drug-likeness (QED) is 0.701. The minimum Gasteiger partial charge on any atom is -0.493 e. The highest BCUT2D eigenvalue weighted by Crippen LogP contribution is 2.33. The molecule has 186 valence electrons. The van der Waals surface area contributed by atoms with Crippen LogP contribution in [0.25, 0.3) is 5.57 Å². The van der Waals surface area contributed by atoms with Crippen LogP contribution in [0.3, 0.4) is 0 Å². The fourth-order valence-corrected chi connectivity index (χ4v) is 4.80. The van der Waals surface area contributed by atoms with Crippen molar-refractivity contribution < 1.29 is 24.2 Å². The van der Waals surface area contributed by atoms with Crippen LogP contribution in [0.2, 0.25) is 0 Å². The van der Waals surface area contributed by atoms with Crippen LogP contribution >= 0.6 is 0 Å². The minimum atomic E-state index is -0.464. The van der Waals surface area contributed by atoms with Crippen LogP contribution in [0.4, 0.5) is 4.79 Å². The van der Waals surface area contributed by atoms with Gasteiger partial charge in [-0.15, -0.1) is 0 Å². The molecule has 1 aliphatic carbocycles. The summed E-state index contributed by atoms with van der Waals surface area (Å²) in [5.41, 5.74) is 2.01. The fourth-order valence-electron chi connectivity index (χ4n) is 4.80. The molecule has 3 aliphatic rings.